The van der Waals surface area contributed by atoms with E-state index in [1.807, 2.05) is 6.08 Å². The molecule has 0 aliphatic rings. The third kappa shape index (κ3) is 7.38. The van der Waals surface area contributed by atoms with E-state index in [-0.39, 0.29) is 51.4 Å². The van der Waals surface area contributed by atoms with Crippen LogP contribution in [0.4, 0.5) is 0 Å². The van der Waals surface area contributed by atoms with Gasteiger partial charge in [0.25, 0.3) is 0 Å². The molecule has 0 amide bonds. The van der Waals surface area contributed by atoms with Crippen LogP contribution in [0.25, 0.3) is 0 Å². The van der Waals surface area contributed by atoms with E-state index in [1.54, 1.807) is 0 Å². The summed E-state index contributed by atoms with van der Waals surface area (Å²) >= 11 is 0. The van der Waals surface area contributed by atoms with Crippen LogP contribution in [-0.4, -0.2) is 0 Å². The second-order valence-corrected chi connectivity index (χ2v) is 1.40. The van der Waals surface area contributed by atoms with Crippen LogP contribution in [-0.2, 0) is 0 Å². The summed E-state index contributed by atoms with van der Waals surface area (Å²) in [5.74, 6) is 1.36. The van der Waals surface area contributed by atoms with Crippen molar-refractivity contribution in [1.82, 2.24) is 0 Å². The summed E-state index contributed by atoms with van der Waals surface area (Å²) in [4.78, 5) is 0. The second kappa shape index (κ2) is 7.38. The zero-order valence-corrected chi connectivity index (χ0v) is 8.61. The molecule has 0 rings (SSSR count). The van der Waals surface area contributed by atoms with Gasteiger partial charge in [0.2, 0.25) is 0 Å². The van der Waals surface area contributed by atoms with Gasteiger partial charge in [0.1, 0.15) is 0 Å². The van der Waals surface area contributed by atoms with Gasteiger partial charge < -0.3 is 0 Å². The molecule has 0 aromatic heterocycles. The molecule has 0 atom stereocenters. The first kappa shape index (κ1) is 11.2. The Kier molecular flexibility index (Phi) is 11.8. The van der Waals surface area contributed by atoms with E-state index in [2.05, 4.69) is 20.4 Å². The van der Waals surface area contributed by atoms with Gasteiger partial charge in [0.15, 0.2) is 0 Å². The third-order valence-electron chi connectivity index (χ3n) is 0.906. The zero-order chi connectivity index (χ0) is 4.99. The van der Waals surface area contributed by atoms with Gasteiger partial charge in [-0.25, -0.2) is 0 Å². The van der Waals surface area contributed by atoms with Crippen molar-refractivity contribution >= 4 is 0 Å². The van der Waals surface area contributed by atoms with E-state index in [0.29, 0.717) is 0 Å². The van der Waals surface area contributed by atoms with Crippen molar-refractivity contribution < 1.29 is 51.4 Å². The maximum atomic E-state index is 3.59. The Bertz CT molecular complexity index is 41.4. The molecule has 0 bridgehead atoms. The monoisotopic (exact) mass is 122 g/mol. The molecule has 35 valence electrons. The van der Waals surface area contributed by atoms with Gasteiger partial charge in [-0.3, -0.25) is 0 Å². The second-order valence-electron chi connectivity index (χ2n) is 1.40. The first-order valence-electron chi connectivity index (χ1n) is 2.26. The number of hydrogen-bond acceptors (Lipinski definition) is 0. The fourth-order valence-corrected chi connectivity index (χ4v) is 0.144. The van der Waals surface area contributed by atoms with Gasteiger partial charge in [-0.05, 0) is 12.3 Å². The van der Waals surface area contributed by atoms with Crippen molar-refractivity contribution in [2.24, 2.45) is 0 Å². The number of allylic oxidation sites excluding steroid dienone is 1. The molecule has 0 saturated carbocycles. The molecule has 0 N–H and O–H groups in total. The van der Waals surface area contributed by atoms with E-state index in [9.17, 15) is 0 Å². The Morgan fingerprint density at radius 2 is 2.14 bits per heavy atom. The van der Waals surface area contributed by atoms with Gasteiger partial charge in [0.05, 0.1) is 0 Å². The largest absolute Gasteiger partial charge is 1.00 e. The summed E-state index contributed by atoms with van der Waals surface area (Å²) in [5, 5.41) is 0. The van der Waals surface area contributed by atoms with E-state index >= 15 is 0 Å². The SMILES string of the molecule is C=C[C](C)CC.[K+]. The molecule has 0 aromatic carbocycles. The minimum atomic E-state index is 0. The van der Waals surface area contributed by atoms with Crippen LogP contribution >= 0.6 is 0 Å². The molecule has 0 heterocycles. The third-order valence-corrected chi connectivity index (χ3v) is 0.906. The van der Waals surface area contributed by atoms with Crippen molar-refractivity contribution in [3.05, 3.63) is 18.6 Å². The summed E-state index contributed by atoms with van der Waals surface area (Å²) in [6, 6.07) is 0. The molecule has 0 fully saturated rings. The van der Waals surface area contributed by atoms with Crippen molar-refractivity contribution in [3.8, 4) is 0 Å². The maximum absolute atomic E-state index is 3.59. The molecule has 7 heavy (non-hydrogen) atoms. The van der Waals surface area contributed by atoms with Crippen LogP contribution in [0.15, 0.2) is 12.7 Å². The van der Waals surface area contributed by atoms with Gasteiger partial charge >= 0.3 is 51.4 Å². The van der Waals surface area contributed by atoms with E-state index in [4.69, 9.17) is 0 Å². The molecule has 0 saturated heterocycles. The smallest absolute Gasteiger partial charge is 0.103 e. The van der Waals surface area contributed by atoms with Crippen LogP contribution in [0.1, 0.15) is 20.3 Å². The molecular weight excluding hydrogens is 111 g/mol. The Labute approximate surface area is 88.8 Å². The van der Waals surface area contributed by atoms with E-state index in [0.717, 1.165) is 6.42 Å². The van der Waals surface area contributed by atoms with Gasteiger partial charge in [0, 0.05) is 0 Å². The predicted octanol–water partition coefficient (Wildman–Crippen LogP) is -0.819. The molecule has 0 aromatic rings. The summed E-state index contributed by atoms with van der Waals surface area (Å²) < 4.78 is 0. The van der Waals surface area contributed by atoms with Gasteiger partial charge in [-0.15, -0.1) is 6.58 Å². The quantitative estimate of drug-likeness (QED) is 0.420. The average molecular weight is 122 g/mol. The Hall–Kier alpha value is 1.38. The fraction of sp³-hybridized carbons (Fsp3) is 0.500. The summed E-state index contributed by atoms with van der Waals surface area (Å²) in [7, 11) is 0. The standard InChI is InChI=1S/C6H11.K/c1-4-6(3)5-2;/h4H,1,5H2,2-3H3;/q;+1. The van der Waals surface area contributed by atoms with Crippen molar-refractivity contribution in [1.29, 1.82) is 0 Å². The van der Waals surface area contributed by atoms with Crippen molar-refractivity contribution in [2.75, 3.05) is 0 Å². The average Bonchev–Trinajstić information content (AvgIpc) is 1.65. The predicted molar refractivity (Wildman–Crippen MR) is 29.4 cm³/mol. The molecule has 0 aliphatic carbocycles. The first-order chi connectivity index (χ1) is 2.81. The van der Waals surface area contributed by atoms with Crippen molar-refractivity contribution in [3.63, 3.8) is 0 Å². The molecular formula is C6H11K+. The maximum Gasteiger partial charge on any atom is 1.00 e. The van der Waals surface area contributed by atoms with Gasteiger partial charge in [-0.2, -0.15) is 0 Å². The molecule has 0 spiro atoms. The number of hydrogen-bond donors (Lipinski definition) is 0. The molecule has 0 unspecified atom stereocenters. The minimum absolute atomic E-state index is 0. The van der Waals surface area contributed by atoms with Crippen LogP contribution < -0.4 is 51.4 Å². The van der Waals surface area contributed by atoms with Crippen molar-refractivity contribution in [2.45, 2.75) is 20.3 Å². The molecule has 0 nitrogen and oxygen atoms in total. The Morgan fingerprint density at radius 1 is 1.71 bits per heavy atom. The van der Waals surface area contributed by atoms with E-state index in [1.165, 1.54) is 5.92 Å². The summed E-state index contributed by atoms with van der Waals surface area (Å²) in [6.07, 6.45) is 3.02. The molecule has 0 aliphatic heterocycles. The Balaban J connectivity index is 0. The van der Waals surface area contributed by atoms with Crippen LogP contribution in [0, 0.1) is 5.92 Å². The number of rotatable bonds is 2. The molecule has 1 radical (unpaired) electrons. The summed E-state index contributed by atoms with van der Waals surface area (Å²) in [6.45, 7) is 7.79. The first-order valence-corrected chi connectivity index (χ1v) is 2.26. The van der Waals surface area contributed by atoms with E-state index < -0.39 is 0 Å². The Morgan fingerprint density at radius 3 is 2.14 bits per heavy atom. The summed E-state index contributed by atoms with van der Waals surface area (Å²) in [5.41, 5.74) is 0. The van der Waals surface area contributed by atoms with Crippen LogP contribution in [0.2, 0.25) is 0 Å². The zero-order valence-electron chi connectivity index (χ0n) is 5.49. The minimum Gasteiger partial charge on any atom is -0.103 e. The molecule has 1 heteroatoms. The topological polar surface area (TPSA) is 0 Å². The van der Waals surface area contributed by atoms with Gasteiger partial charge in [-0.1, -0.05) is 19.9 Å². The van der Waals surface area contributed by atoms with Crippen LogP contribution in [0.3, 0.4) is 0 Å². The van der Waals surface area contributed by atoms with Crippen LogP contribution in [0.5, 0.6) is 0 Å². The normalized spacial score (nSPS) is 7.86. The fourth-order valence-electron chi connectivity index (χ4n) is 0.144.